The Kier molecular flexibility index (Phi) is 11.4. The molecule has 4 N–H and O–H groups in total. The lowest BCUT2D eigenvalue weighted by Crippen LogP contribution is -2.59. The number of rotatable bonds is 11. The molecule has 0 aromatic heterocycles. The van der Waals surface area contributed by atoms with Crippen LogP contribution in [-0.2, 0) is 20.7 Å². The summed E-state index contributed by atoms with van der Waals surface area (Å²) in [6.07, 6.45) is 2.01. The molecule has 0 aliphatic heterocycles. The molecule has 0 heterocycles. The minimum Gasteiger partial charge on any atom is -0.508 e. The number of phenols is 2. The number of hydrogen-bond acceptors (Lipinski definition) is 6. The van der Waals surface area contributed by atoms with E-state index in [-0.39, 0.29) is 23.5 Å². The van der Waals surface area contributed by atoms with Crippen LogP contribution in [0.5, 0.6) is 11.5 Å². The van der Waals surface area contributed by atoms with E-state index in [1.807, 2.05) is 0 Å². The number of nitrogens with zero attached hydrogens (tertiary/aromatic N) is 1. The van der Waals surface area contributed by atoms with Gasteiger partial charge in [0.15, 0.2) is 0 Å². The molecule has 40 heavy (non-hydrogen) atoms. The van der Waals surface area contributed by atoms with Gasteiger partial charge in [0.25, 0.3) is 0 Å². The van der Waals surface area contributed by atoms with E-state index < -0.39 is 41.1 Å². The number of amides is 3. The van der Waals surface area contributed by atoms with Crippen LogP contribution >= 0.6 is 0 Å². The first-order valence-electron chi connectivity index (χ1n) is 13.8. The Morgan fingerprint density at radius 3 is 2.10 bits per heavy atom. The summed E-state index contributed by atoms with van der Waals surface area (Å²) in [5.74, 6) is -0.999. The van der Waals surface area contributed by atoms with E-state index >= 15 is 0 Å². The quantitative estimate of drug-likeness (QED) is 0.282. The van der Waals surface area contributed by atoms with Gasteiger partial charge in [-0.05, 0) is 71.7 Å². The Morgan fingerprint density at radius 1 is 0.925 bits per heavy atom. The lowest BCUT2D eigenvalue weighted by molar-refractivity contribution is -0.148. The molecule has 0 fully saturated rings. The van der Waals surface area contributed by atoms with Crippen molar-refractivity contribution in [3.63, 3.8) is 0 Å². The number of alkyl carbamates (subject to hydrolysis) is 1. The molecule has 0 aliphatic rings. The predicted octanol–water partition coefficient (Wildman–Crippen LogP) is 5.21. The molecule has 0 saturated carbocycles. The van der Waals surface area contributed by atoms with Crippen molar-refractivity contribution in [1.29, 1.82) is 0 Å². The number of unbranched alkanes of at least 4 members (excludes halogenated alkanes) is 2. The van der Waals surface area contributed by atoms with Crippen LogP contribution in [-0.4, -0.2) is 56.7 Å². The highest BCUT2D eigenvalue weighted by molar-refractivity contribution is 5.93. The summed E-state index contributed by atoms with van der Waals surface area (Å²) in [4.78, 5) is 42.4. The summed E-state index contributed by atoms with van der Waals surface area (Å²) in [6.45, 7) is 13.1. The zero-order valence-electron chi connectivity index (χ0n) is 24.8. The second kappa shape index (κ2) is 14.1. The standard InChI is InChI=1S/C31H45N3O6/c1-8-9-12-19-32-27(37)26(23-13-10-11-14-25(23)36)34(30(2,3)4)28(38)24(33-29(39)40-31(5,6)7)20-21-15-17-22(35)18-16-21/h10-11,13-18,24,26,35-36H,8-9,12,19-20H2,1-7H3,(H,32,37)(H,33,39). The van der Waals surface area contributed by atoms with Crippen LogP contribution in [0.4, 0.5) is 4.79 Å². The van der Waals surface area contributed by atoms with Gasteiger partial charge in [0.1, 0.15) is 29.2 Å². The Balaban J connectivity index is 2.57. The fraction of sp³-hybridized carbons (Fsp3) is 0.516. The number of carbonyl (C=O) groups is 3. The van der Waals surface area contributed by atoms with E-state index in [1.54, 1.807) is 71.9 Å². The summed E-state index contributed by atoms with van der Waals surface area (Å²) in [5.41, 5.74) is -0.729. The van der Waals surface area contributed by atoms with Gasteiger partial charge < -0.3 is 30.5 Å². The number of benzene rings is 2. The number of ether oxygens (including phenoxy) is 1. The van der Waals surface area contributed by atoms with Crippen LogP contribution in [0.15, 0.2) is 48.5 Å². The zero-order valence-corrected chi connectivity index (χ0v) is 24.8. The van der Waals surface area contributed by atoms with Gasteiger partial charge in [0, 0.05) is 24.1 Å². The maximum atomic E-state index is 14.4. The number of phenolic OH excluding ortho intramolecular Hbond substituents is 2. The SMILES string of the molecule is CCCCCNC(=O)C(c1ccccc1O)N(C(=O)C(Cc1ccc(O)cc1)NC(=O)OC(C)(C)C)C(C)(C)C. The third kappa shape index (κ3) is 9.77. The highest BCUT2D eigenvalue weighted by Crippen LogP contribution is 2.34. The second-order valence-corrected chi connectivity index (χ2v) is 11.9. The maximum absolute atomic E-state index is 14.4. The van der Waals surface area contributed by atoms with Crippen LogP contribution in [0.3, 0.4) is 0 Å². The van der Waals surface area contributed by atoms with E-state index in [1.165, 1.54) is 23.1 Å². The van der Waals surface area contributed by atoms with Crippen molar-refractivity contribution >= 4 is 17.9 Å². The van der Waals surface area contributed by atoms with Crippen LogP contribution < -0.4 is 10.6 Å². The number of aromatic hydroxyl groups is 2. The molecule has 220 valence electrons. The van der Waals surface area contributed by atoms with E-state index in [4.69, 9.17) is 4.74 Å². The lowest BCUT2D eigenvalue weighted by Gasteiger charge is -2.43. The summed E-state index contributed by atoms with van der Waals surface area (Å²) in [5, 5.41) is 26.1. The zero-order chi connectivity index (χ0) is 30.1. The number of nitrogens with one attached hydrogen (secondary N) is 2. The van der Waals surface area contributed by atoms with Crippen molar-refractivity contribution in [2.45, 2.75) is 97.4 Å². The van der Waals surface area contributed by atoms with Gasteiger partial charge in [-0.1, -0.05) is 50.1 Å². The molecule has 2 aromatic carbocycles. The second-order valence-electron chi connectivity index (χ2n) is 11.9. The molecule has 2 atom stereocenters. The summed E-state index contributed by atoms with van der Waals surface area (Å²) < 4.78 is 5.45. The smallest absolute Gasteiger partial charge is 0.408 e. The normalized spacial score (nSPS) is 13.2. The van der Waals surface area contributed by atoms with Crippen LogP contribution in [0.2, 0.25) is 0 Å². The van der Waals surface area contributed by atoms with Gasteiger partial charge in [0.05, 0.1) is 0 Å². The van der Waals surface area contributed by atoms with Gasteiger partial charge in [0.2, 0.25) is 11.8 Å². The van der Waals surface area contributed by atoms with Crippen molar-refractivity contribution in [3.05, 3.63) is 59.7 Å². The van der Waals surface area contributed by atoms with E-state index in [2.05, 4.69) is 17.6 Å². The molecule has 0 bridgehead atoms. The molecule has 2 rings (SSSR count). The minimum absolute atomic E-state index is 0.0717. The first-order chi connectivity index (χ1) is 18.6. The molecular weight excluding hydrogens is 510 g/mol. The summed E-state index contributed by atoms with van der Waals surface area (Å²) in [7, 11) is 0. The Labute approximate surface area is 237 Å². The van der Waals surface area contributed by atoms with Crippen molar-refractivity contribution < 1.29 is 29.3 Å². The molecular formula is C31H45N3O6. The van der Waals surface area contributed by atoms with Gasteiger partial charge in [-0.3, -0.25) is 9.59 Å². The largest absolute Gasteiger partial charge is 0.508 e. The molecule has 2 unspecified atom stereocenters. The molecule has 0 radical (unpaired) electrons. The van der Waals surface area contributed by atoms with Crippen LogP contribution in [0.25, 0.3) is 0 Å². The molecule has 2 aromatic rings. The van der Waals surface area contributed by atoms with Crippen molar-refractivity contribution in [1.82, 2.24) is 15.5 Å². The van der Waals surface area contributed by atoms with Crippen LogP contribution in [0, 0.1) is 0 Å². The monoisotopic (exact) mass is 555 g/mol. The predicted molar refractivity (Wildman–Crippen MR) is 155 cm³/mol. The Hall–Kier alpha value is -3.75. The summed E-state index contributed by atoms with van der Waals surface area (Å²) in [6, 6.07) is 10.5. The molecule has 0 spiro atoms. The highest BCUT2D eigenvalue weighted by Gasteiger charge is 2.42. The first kappa shape index (κ1) is 32.5. The van der Waals surface area contributed by atoms with Gasteiger partial charge >= 0.3 is 6.09 Å². The van der Waals surface area contributed by atoms with Gasteiger partial charge in [-0.15, -0.1) is 0 Å². The third-order valence-corrected chi connectivity index (χ3v) is 6.14. The fourth-order valence-electron chi connectivity index (χ4n) is 4.33. The Bertz CT molecular complexity index is 1130. The van der Waals surface area contributed by atoms with Crippen LogP contribution in [0.1, 0.15) is 84.9 Å². The van der Waals surface area contributed by atoms with Crippen molar-refractivity contribution in [2.24, 2.45) is 0 Å². The van der Waals surface area contributed by atoms with Crippen molar-refractivity contribution in [2.75, 3.05) is 6.54 Å². The molecule has 3 amide bonds. The lowest BCUT2D eigenvalue weighted by atomic mass is 9.93. The van der Waals surface area contributed by atoms with E-state index in [9.17, 15) is 24.6 Å². The van der Waals surface area contributed by atoms with Crippen molar-refractivity contribution in [3.8, 4) is 11.5 Å². The fourth-order valence-corrected chi connectivity index (χ4v) is 4.33. The molecule has 9 heteroatoms. The molecule has 9 nitrogen and oxygen atoms in total. The number of para-hydroxylation sites is 1. The average molecular weight is 556 g/mol. The van der Waals surface area contributed by atoms with E-state index in [0.29, 0.717) is 12.1 Å². The minimum atomic E-state index is -1.17. The van der Waals surface area contributed by atoms with Gasteiger partial charge in [-0.25, -0.2) is 4.79 Å². The number of carbonyl (C=O) groups excluding carboxylic acids is 3. The summed E-state index contributed by atoms with van der Waals surface area (Å²) >= 11 is 0. The van der Waals surface area contributed by atoms with Gasteiger partial charge in [-0.2, -0.15) is 0 Å². The number of hydrogen-bond donors (Lipinski definition) is 4. The topological polar surface area (TPSA) is 128 Å². The third-order valence-electron chi connectivity index (χ3n) is 6.14. The highest BCUT2D eigenvalue weighted by atomic mass is 16.6. The maximum Gasteiger partial charge on any atom is 0.408 e. The first-order valence-corrected chi connectivity index (χ1v) is 13.8. The van der Waals surface area contributed by atoms with E-state index in [0.717, 1.165) is 19.3 Å². The molecule has 0 saturated heterocycles. The average Bonchev–Trinajstić information content (AvgIpc) is 2.84. The molecule has 0 aliphatic carbocycles. The Morgan fingerprint density at radius 2 is 1.55 bits per heavy atom.